The van der Waals surface area contributed by atoms with E-state index in [9.17, 15) is 4.79 Å². The maximum atomic E-state index is 12.3. The third-order valence-electron chi connectivity index (χ3n) is 2.99. The Labute approximate surface area is 118 Å². The molecule has 1 aromatic rings. The number of amides is 1. The smallest absolute Gasteiger partial charge is 0.230 e. The van der Waals surface area contributed by atoms with Crippen LogP contribution in [0.1, 0.15) is 31.6 Å². The number of hydrogen-bond donors (Lipinski definition) is 1. The molecule has 18 heavy (non-hydrogen) atoms. The van der Waals surface area contributed by atoms with Crippen LogP contribution in [0, 0.1) is 5.41 Å². The molecular weight excluding hydrogens is 268 g/mol. The number of nitrogens with zero attached hydrogens (tertiary/aromatic N) is 1. The normalized spacial score (nSPS) is 13.4. The van der Waals surface area contributed by atoms with E-state index in [-0.39, 0.29) is 17.2 Å². The van der Waals surface area contributed by atoms with Crippen molar-refractivity contribution in [1.29, 1.82) is 0 Å². The Bertz CT molecular complexity index is 417. The van der Waals surface area contributed by atoms with Crippen LogP contribution in [0.15, 0.2) is 12.1 Å². The quantitative estimate of drug-likeness (QED) is 0.905. The highest BCUT2D eigenvalue weighted by atomic mass is 35.5. The molecule has 0 saturated heterocycles. The van der Waals surface area contributed by atoms with Gasteiger partial charge < -0.3 is 10.6 Å². The second-order valence-corrected chi connectivity index (χ2v) is 7.17. The third kappa shape index (κ3) is 3.97. The monoisotopic (exact) mass is 288 g/mol. The predicted molar refractivity (Wildman–Crippen MR) is 78.2 cm³/mol. The van der Waals surface area contributed by atoms with Crippen LogP contribution in [-0.2, 0) is 4.79 Å². The first-order valence-corrected chi connectivity index (χ1v) is 7.16. The van der Waals surface area contributed by atoms with E-state index >= 15 is 0 Å². The summed E-state index contributed by atoms with van der Waals surface area (Å²) in [4.78, 5) is 15.1. The molecule has 5 heteroatoms. The molecule has 0 aliphatic carbocycles. The van der Waals surface area contributed by atoms with Crippen molar-refractivity contribution in [2.75, 3.05) is 20.1 Å². The molecule has 1 unspecified atom stereocenters. The Balaban J connectivity index is 2.69. The zero-order valence-corrected chi connectivity index (χ0v) is 12.9. The van der Waals surface area contributed by atoms with Gasteiger partial charge in [0.1, 0.15) is 0 Å². The highest BCUT2D eigenvalue weighted by Crippen LogP contribution is 2.29. The number of halogens is 1. The third-order valence-corrected chi connectivity index (χ3v) is 4.40. The van der Waals surface area contributed by atoms with Gasteiger partial charge in [0.05, 0.1) is 10.3 Å². The van der Waals surface area contributed by atoms with Gasteiger partial charge in [-0.1, -0.05) is 25.4 Å². The molecular formula is C13H21ClN2OS. The van der Waals surface area contributed by atoms with Gasteiger partial charge in [0, 0.05) is 18.5 Å². The summed E-state index contributed by atoms with van der Waals surface area (Å²) in [5, 5.41) is 0. The summed E-state index contributed by atoms with van der Waals surface area (Å²) in [6.45, 7) is 7.25. The lowest BCUT2D eigenvalue weighted by molar-refractivity contribution is -0.132. The van der Waals surface area contributed by atoms with Gasteiger partial charge in [-0.3, -0.25) is 4.79 Å². The molecule has 1 atom stereocenters. The van der Waals surface area contributed by atoms with Crippen LogP contribution < -0.4 is 5.73 Å². The van der Waals surface area contributed by atoms with Gasteiger partial charge in [-0.25, -0.2) is 0 Å². The van der Waals surface area contributed by atoms with E-state index in [1.807, 2.05) is 26.1 Å². The molecule has 1 heterocycles. The minimum Gasteiger partial charge on any atom is -0.345 e. The summed E-state index contributed by atoms with van der Waals surface area (Å²) in [5.74, 6) is -0.0453. The van der Waals surface area contributed by atoms with Crippen LogP contribution in [-0.4, -0.2) is 30.9 Å². The standard InChI is InChI=1S/C13H21ClN2OS/c1-9(10-5-6-11(14)18-10)12(17)16(4)8-13(2,3)7-15/h5-6,9H,7-8,15H2,1-4H3. The van der Waals surface area contributed by atoms with Crippen molar-refractivity contribution in [1.82, 2.24) is 4.90 Å². The van der Waals surface area contributed by atoms with E-state index in [4.69, 9.17) is 17.3 Å². The topological polar surface area (TPSA) is 46.3 Å². The molecule has 0 aliphatic heterocycles. The van der Waals surface area contributed by atoms with Crippen molar-refractivity contribution in [2.45, 2.75) is 26.7 Å². The Hall–Kier alpha value is -0.580. The zero-order valence-electron chi connectivity index (χ0n) is 11.4. The van der Waals surface area contributed by atoms with E-state index in [1.165, 1.54) is 11.3 Å². The molecule has 0 fully saturated rings. The van der Waals surface area contributed by atoms with E-state index in [2.05, 4.69) is 13.8 Å². The Morgan fingerprint density at radius 3 is 2.61 bits per heavy atom. The SMILES string of the molecule is CC(C(=O)N(C)CC(C)(C)CN)c1ccc(Cl)s1. The molecule has 0 saturated carbocycles. The first-order chi connectivity index (χ1) is 8.26. The number of thiophene rings is 1. The van der Waals surface area contributed by atoms with Crippen molar-refractivity contribution in [2.24, 2.45) is 11.1 Å². The fourth-order valence-electron chi connectivity index (χ4n) is 1.80. The summed E-state index contributed by atoms with van der Waals surface area (Å²) in [6.07, 6.45) is 0. The molecule has 1 aromatic heterocycles. The average Bonchev–Trinajstić information content (AvgIpc) is 2.73. The maximum absolute atomic E-state index is 12.3. The van der Waals surface area contributed by atoms with Crippen molar-refractivity contribution in [3.05, 3.63) is 21.3 Å². The van der Waals surface area contributed by atoms with Crippen LogP contribution in [0.2, 0.25) is 4.34 Å². The number of hydrogen-bond acceptors (Lipinski definition) is 3. The molecule has 0 aliphatic rings. The second-order valence-electron chi connectivity index (χ2n) is 5.43. The lowest BCUT2D eigenvalue weighted by Gasteiger charge is -2.30. The van der Waals surface area contributed by atoms with Crippen LogP contribution in [0.5, 0.6) is 0 Å². The summed E-state index contributed by atoms with van der Waals surface area (Å²) in [5.41, 5.74) is 5.63. The second kappa shape index (κ2) is 6.04. The molecule has 1 rings (SSSR count). The van der Waals surface area contributed by atoms with Gasteiger partial charge in [0.15, 0.2) is 0 Å². The molecule has 0 radical (unpaired) electrons. The Morgan fingerprint density at radius 2 is 2.17 bits per heavy atom. The maximum Gasteiger partial charge on any atom is 0.230 e. The molecule has 0 bridgehead atoms. The van der Waals surface area contributed by atoms with Gasteiger partial charge in [-0.05, 0) is 31.0 Å². The first-order valence-electron chi connectivity index (χ1n) is 5.97. The van der Waals surface area contributed by atoms with Crippen LogP contribution in [0.3, 0.4) is 0 Å². The summed E-state index contributed by atoms with van der Waals surface area (Å²) in [6, 6.07) is 3.74. The average molecular weight is 289 g/mol. The van der Waals surface area contributed by atoms with Crippen molar-refractivity contribution in [3.63, 3.8) is 0 Å². The largest absolute Gasteiger partial charge is 0.345 e. The van der Waals surface area contributed by atoms with Gasteiger partial charge in [-0.2, -0.15) is 0 Å². The van der Waals surface area contributed by atoms with Crippen LogP contribution in [0.4, 0.5) is 0 Å². The van der Waals surface area contributed by atoms with Crippen molar-refractivity contribution >= 4 is 28.8 Å². The molecule has 102 valence electrons. The van der Waals surface area contributed by atoms with Gasteiger partial charge >= 0.3 is 0 Å². The predicted octanol–water partition coefficient (Wildman–Crippen LogP) is 2.95. The zero-order chi connectivity index (χ0) is 13.9. The van der Waals surface area contributed by atoms with Crippen molar-refractivity contribution < 1.29 is 4.79 Å². The highest BCUT2D eigenvalue weighted by molar-refractivity contribution is 7.16. The number of nitrogens with two attached hydrogens (primary N) is 1. The van der Waals surface area contributed by atoms with E-state index in [0.717, 1.165) is 9.21 Å². The fourth-order valence-corrected chi connectivity index (χ4v) is 2.90. The Morgan fingerprint density at radius 1 is 1.56 bits per heavy atom. The number of carbonyl (C=O) groups excluding carboxylic acids is 1. The highest BCUT2D eigenvalue weighted by Gasteiger charge is 2.25. The van der Waals surface area contributed by atoms with Crippen LogP contribution >= 0.6 is 22.9 Å². The molecule has 2 N–H and O–H groups in total. The minimum absolute atomic E-state index is 0.0583. The number of rotatable bonds is 5. The summed E-state index contributed by atoms with van der Waals surface area (Å²) >= 11 is 7.35. The van der Waals surface area contributed by atoms with E-state index < -0.39 is 0 Å². The van der Waals surface area contributed by atoms with Gasteiger partial charge in [0.25, 0.3) is 0 Å². The fraction of sp³-hybridized carbons (Fsp3) is 0.615. The number of carbonyl (C=O) groups is 1. The summed E-state index contributed by atoms with van der Waals surface area (Å²) < 4.78 is 0.717. The minimum atomic E-state index is -0.152. The summed E-state index contributed by atoms with van der Waals surface area (Å²) in [7, 11) is 1.82. The molecule has 1 amide bonds. The molecule has 3 nitrogen and oxygen atoms in total. The van der Waals surface area contributed by atoms with E-state index in [1.54, 1.807) is 4.90 Å². The first kappa shape index (κ1) is 15.5. The lowest BCUT2D eigenvalue weighted by Crippen LogP contribution is -2.41. The van der Waals surface area contributed by atoms with Crippen LogP contribution in [0.25, 0.3) is 0 Å². The van der Waals surface area contributed by atoms with Gasteiger partial charge in [-0.15, -0.1) is 11.3 Å². The lowest BCUT2D eigenvalue weighted by atomic mass is 9.93. The van der Waals surface area contributed by atoms with Crippen molar-refractivity contribution in [3.8, 4) is 0 Å². The number of likely N-dealkylation sites (N-methyl/N-ethyl adjacent to an activating group) is 1. The molecule has 0 spiro atoms. The Kier molecular flexibility index (Phi) is 5.20. The molecule has 0 aromatic carbocycles. The van der Waals surface area contributed by atoms with Gasteiger partial charge in [0.2, 0.25) is 5.91 Å². The van der Waals surface area contributed by atoms with E-state index in [0.29, 0.717) is 13.1 Å².